The average molecular weight is 247 g/mol. The summed E-state index contributed by atoms with van der Waals surface area (Å²) in [5.74, 6) is -0.0259. The third-order valence-electron chi connectivity index (χ3n) is 2.55. The minimum Gasteiger partial charge on any atom is -0.398 e. The molecular formula is C12H13N3OS. The molecule has 0 aliphatic rings. The van der Waals surface area contributed by atoms with E-state index < -0.39 is 0 Å². The topological polar surface area (TPSA) is 70.2 Å². The fourth-order valence-electron chi connectivity index (χ4n) is 1.60. The molecule has 1 aromatic carbocycles. The van der Waals surface area contributed by atoms with Gasteiger partial charge in [-0.25, -0.2) is 0 Å². The number of fused-ring (bicyclic) bond motifs is 1. The number of nitrogens with two attached hydrogens (primary N) is 1. The number of hydrogen-bond donors (Lipinski definition) is 2. The summed E-state index contributed by atoms with van der Waals surface area (Å²) in [5, 5.41) is 8.09. The van der Waals surface area contributed by atoms with Gasteiger partial charge >= 0.3 is 0 Å². The minimum atomic E-state index is -0.0259. The lowest BCUT2D eigenvalue weighted by Crippen LogP contribution is -2.20. The van der Waals surface area contributed by atoms with Crippen LogP contribution in [0, 0.1) is 5.41 Å². The lowest BCUT2D eigenvalue weighted by Gasteiger charge is -2.06. The molecule has 0 radical (unpaired) electrons. The van der Waals surface area contributed by atoms with Gasteiger partial charge in [-0.15, -0.1) is 11.3 Å². The molecule has 5 heteroatoms. The van der Waals surface area contributed by atoms with E-state index in [4.69, 9.17) is 11.1 Å². The van der Waals surface area contributed by atoms with Gasteiger partial charge in [0.1, 0.15) is 0 Å². The van der Waals surface area contributed by atoms with E-state index >= 15 is 0 Å². The minimum absolute atomic E-state index is 0.0259. The summed E-state index contributed by atoms with van der Waals surface area (Å²) >= 11 is 1.42. The van der Waals surface area contributed by atoms with Crippen molar-refractivity contribution in [3.63, 3.8) is 0 Å². The highest BCUT2D eigenvalue weighted by Crippen LogP contribution is 2.32. The van der Waals surface area contributed by atoms with Crippen molar-refractivity contribution >= 4 is 39.2 Å². The molecule has 0 spiro atoms. The third kappa shape index (κ3) is 1.89. The van der Waals surface area contributed by atoms with E-state index in [0.717, 1.165) is 10.1 Å². The van der Waals surface area contributed by atoms with E-state index in [-0.39, 0.29) is 5.91 Å². The van der Waals surface area contributed by atoms with Gasteiger partial charge in [-0.2, -0.15) is 0 Å². The van der Waals surface area contributed by atoms with E-state index in [2.05, 4.69) is 0 Å². The quantitative estimate of drug-likeness (QED) is 0.630. The van der Waals surface area contributed by atoms with Crippen molar-refractivity contribution in [3.8, 4) is 0 Å². The van der Waals surface area contributed by atoms with Crippen molar-refractivity contribution in [3.05, 3.63) is 28.6 Å². The lowest BCUT2D eigenvalue weighted by molar-refractivity contribution is 0.0832. The molecule has 0 aliphatic heterocycles. The molecule has 88 valence electrons. The van der Waals surface area contributed by atoms with Crippen LogP contribution in [0.2, 0.25) is 0 Å². The number of anilines is 1. The Labute approximate surface area is 103 Å². The Balaban J connectivity index is 2.62. The number of hydrogen-bond acceptors (Lipinski definition) is 4. The highest BCUT2D eigenvalue weighted by atomic mass is 32.1. The van der Waals surface area contributed by atoms with Crippen molar-refractivity contribution in [1.82, 2.24) is 4.90 Å². The van der Waals surface area contributed by atoms with Crippen LogP contribution in [-0.4, -0.2) is 31.1 Å². The monoisotopic (exact) mass is 247 g/mol. The van der Waals surface area contributed by atoms with Crippen LogP contribution < -0.4 is 5.73 Å². The summed E-state index contributed by atoms with van der Waals surface area (Å²) in [6.45, 7) is 0. The van der Waals surface area contributed by atoms with Crippen LogP contribution in [0.25, 0.3) is 10.1 Å². The van der Waals surface area contributed by atoms with Crippen LogP contribution in [0.5, 0.6) is 0 Å². The molecule has 3 N–H and O–H groups in total. The Morgan fingerprint density at radius 2 is 2.18 bits per heavy atom. The van der Waals surface area contributed by atoms with Crippen molar-refractivity contribution in [2.45, 2.75) is 0 Å². The second kappa shape index (κ2) is 4.18. The van der Waals surface area contributed by atoms with Crippen molar-refractivity contribution in [2.75, 3.05) is 19.8 Å². The van der Waals surface area contributed by atoms with E-state index in [1.165, 1.54) is 17.6 Å². The van der Waals surface area contributed by atoms with Crippen molar-refractivity contribution < 1.29 is 4.79 Å². The molecule has 0 saturated heterocycles. The zero-order valence-corrected chi connectivity index (χ0v) is 10.5. The van der Waals surface area contributed by atoms with Crippen LogP contribution >= 0.6 is 11.3 Å². The highest BCUT2D eigenvalue weighted by molar-refractivity contribution is 7.20. The standard InChI is InChI=1S/C12H13N3OS/c1-15(2)12(16)10-5-8-9(17-10)4-3-7(6-13)11(8)14/h3-6,13H,14H2,1-2H3. The van der Waals surface area contributed by atoms with E-state index in [9.17, 15) is 4.79 Å². The first-order chi connectivity index (χ1) is 8.04. The number of carbonyl (C=O) groups is 1. The second-order valence-electron chi connectivity index (χ2n) is 3.93. The summed E-state index contributed by atoms with van der Waals surface area (Å²) in [6, 6.07) is 5.49. The van der Waals surface area contributed by atoms with Gasteiger partial charge < -0.3 is 16.0 Å². The predicted molar refractivity (Wildman–Crippen MR) is 72.1 cm³/mol. The van der Waals surface area contributed by atoms with Gasteiger partial charge in [-0.3, -0.25) is 4.79 Å². The zero-order chi connectivity index (χ0) is 12.6. The van der Waals surface area contributed by atoms with Crippen LogP contribution in [0.1, 0.15) is 15.2 Å². The first kappa shape index (κ1) is 11.6. The molecular weight excluding hydrogens is 234 g/mol. The zero-order valence-electron chi connectivity index (χ0n) is 9.65. The predicted octanol–water partition coefficient (Wildman–Crippen LogP) is 2.18. The average Bonchev–Trinajstić information content (AvgIpc) is 2.73. The maximum atomic E-state index is 11.8. The number of rotatable bonds is 2. The summed E-state index contributed by atoms with van der Waals surface area (Å²) in [6.07, 6.45) is 1.22. The molecule has 2 aromatic rings. The van der Waals surface area contributed by atoms with E-state index in [0.29, 0.717) is 16.1 Å². The van der Waals surface area contributed by atoms with Crippen LogP contribution in [0.3, 0.4) is 0 Å². The molecule has 1 aromatic heterocycles. The first-order valence-corrected chi connectivity index (χ1v) is 5.90. The summed E-state index contributed by atoms with van der Waals surface area (Å²) in [4.78, 5) is 14.0. The Morgan fingerprint density at radius 1 is 1.47 bits per heavy atom. The molecule has 0 bridgehead atoms. The number of benzene rings is 1. The number of thiophene rings is 1. The van der Waals surface area contributed by atoms with Gasteiger partial charge in [0.05, 0.1) is 4.88 Å². The normalized spacial score (nSPS) is 10.5. The SMILES string of the molecule is CN(C)C(=O)c1cc2c(N)c(C=N)ccc2s1. The Hall–Kier alpha value is -1.88. The molecule has 0 atom stereocenters. The van der Waals surface area contributed by atoms with Gasteiger partial charge in [0.25, 0.3) is 5.91 Å². The maximum Gasteiger partial charge on any atom is 0.263 e. The van der Waals surface area contributed by atoms with Crippen molar-refractivity contribution in [1.29, 1.82) is 5.41 Å². The number of nitrogen functional groups attached to an aromatic ring is 1. The van der Waals surface area contributed by atoms with Crippen LogP contribution in [-0.2, 0) is 0 Å². The second-order valence-corrected chi connectivity index (χ2v) is 5.02. The smallest absolute Gasteiger partial charge is 0.263 e. The maximum absolute atomic E-state index is 11.8. The van der Waals surface area contributed by atoms with Gasteiger partial charge in [0, 0.05) is 41.6 Å². The Morgan fingerprint density at radius 3 is 2.76 bits per heavy atom. The molecule has 2 rings (SSSR count). The molecule has 0 aliphatic carbocycles. The van der Waals surface area contributed by atoms with Crippen LogP contribution in [0.4, 0.5) is 5.69 Å². The molecule has 0 saturated carbocycles. The fourth-order valence-corrected chi connectivity index (χ4v) is 2.70. The molecule has 1 amide bonds. The summed E-state index contributed by atoms with van der Waals surface area (Å²) in [5.41, 5.74) is 7.19. The fraction of sp³-hybridized carbons (Fsp3) is 0.167. The first-order valence-electron chi connectivity index (χ1n) is 5.08. The van der Waals surface area contributed by atoms with Gasteiger partial charge in [0.2, 0.25) is 0 Å². The third-order valence-corrected chi connectivity index (χ3v) is 3.64. The Bertz CT molecular complexity index is 601. The number of nitrogens with one attached hydrogen (secondary N) is 1. The molecule has 17 heavy (non-hydrogen) atoms. The molecule has 1 heterocycles. The van der Waals surface area contributed by atoms with E-state index in [1.54, 1.807) is 31.1 Å². The molecule has 0 fully saturated rings. The molecule has 0 unspecified atom stereocenters. The molecule has 4 nitrogen and oxygen atoms in total. The van der Waals surface area contributed by atoms with Crippen molar-refractivity contribution in [2.24, 2.45) is 0 Å². The largest absolute Gasteiger partial charge is 0.398 e. The highest BCUT2D eigenvalue weighted by Gasteiger charge is 2.14. The number of amides is 1. The van der Waals surface area contributed by atoms with Gasteiger partial charge in [-0.1, -0.05) is 0 Å². The Kier molecular flexibility index (Phi) is 2.85. The number of nitrogens with zero attached hydrogens (tertiary/aromatic N) is 1. The van der Waals surface area contributed by atoms with Gasteiger partial charge in [0.15, 0.2) is 0 Å². The van der Waals surface area contributed by atoms with E-state index in [1.807, 2.05) is 6.07 Å². The van der Waals surface area contributed by atoms with Gasteiger partial charge in [-0.05, 0) is 18.2 Å². The van der Waals surface area contributed by atoms with Crippen LogP contribution in [0.15, 0.2) is 18.2 Å². The lowest BCUT2D eigenvalue weighted by atomic mass is 10.1. The summed E-state index contributed by atoms with van der Waals surface area (Å²) < 4.78 is 0.971. The number of carbonyl (C=O) groups excluding carboxylic acids is 1. The summed E-state index contributed by atoms with van der Waals surface area (Å²) in [7, 11) is 3.44.